The van der Waals surface area contributed by atoms with E-state index >= 15 is 0 Å². The number of aromatic nitrogens is 2. The Bertz CT molecular complexity index is 584. The molecule has 2 aromatic rings. The third-order valence-electron chi connectivity index (χ3n) is 2.30. The summed E-state index contributed by atoms with van der Waals surface area (Å²) in [6.45, 7) is 0. The smallest absolute Gasteiger partial charge is 0.338 e. The van der Waals surface area contributed by atoms with Crippen molar-refractivity contribution in [3.8, 4) is 17.1 Å². The molecule has 0 aliphatic heterocycles. The summed E-state index contributed by atoms with van der Waals surface area (Å²) in [5.41, 5.74) is 0.640. The minimum atomic E-state index is -1.07. The fourth-order valence-electron chi connectivity index (χ4n) is 1.43. The number of carboxylic acid groups (broad SMARTS) is 1. The van der Waals surface area contributed by atoms with Crippen molar-refractivity contribution >= 4 is 17.6 Å². The Morgan fingerprint density at radius 1 is 1.33 bits per heavy atom. The zero-order chi connectivity index (χ0) is 13.1. The largest absolute Gasteiger partial charge is 0.496 e. The van der Waals surface area contributed by atoms with Crippen LogP contribution in [0.15, 0.2) is 30.6 Å². The van der Waals surface area contributed by atoms with Crippen LogP contribution in [-0.2, 0) is 0 Å². The van der Waals surface area contributed by atoms with Gasteiger partial charge in [-0.15, -0.1) is 0 Å². The van der Waals surface area contributed by atoms with E-state index in [0.717, 1.165) is 0 Å². The monoisotopic (exact) mass is 264 g/mol. The first-order valence-corrected chi connectivity index (χ1v) is 5.39. The summed E-state index contributed by atoms with van der Waals surface area (Å²) in [5, 5.41) is 9.29. The summed E-state index contributed by atoms with van der Waals surface area (Å²) >= 11 is 5.90. The molecule has 0 fully saturated rings. The number of hydrogen-bond acceptors (Lipinski definition) is 4. The molecular weight excluding hydrogens is 256 g/mol. The number of rotatable bonds is 3. The van der Waals surface area contributed by atoms with Gasteiger partial charge in [-0.2, -0.15) is 0 Å². The maximum Gasteiger partial charge on any atom is 0.338 e. The Labute approximate surface area is 108 Å². The van der Waals surface area contributed by atoms with Crippen LogP contribution in [0.25, 0.3) is 11.4 Å². The third-order valence-corrected chi connectivity index (χ3v) is 2.54. The minimum Gasteiger partial charge on any atom is -0.496 e. The molecule has 92 valence electrons. The average Bonchev–Trinajstić information content (AvgIpc) is 2.39. The summed E-state index contributed by atoms with van der Waals surface area (Å²) in [7, 11) is 1.53. The van der Waals surface area contributed by atoms with Crippen molar-refractivity contribution in [2.24, 2.45) is 0 Å². The fraction of sp³-hybridized carbons (Fsp3) is 0.0833. The van der Waals surface area contributed by atoms with E-state index in [0.29, 0.717) is 22.2 Å². The molecule has 18 heavy (non-hydrogen) atoms. The molecule has 0 spiro atoms. The Morgan fingerprint density at radius 2 is 2.00 bits per heavy atom. The van der Waals surface area contributed by atoms with Gasteiger partial charge in [0.1, 0.15) is 5.75 Å². The number of carboxylic acids is 1. The van der Waals surface area contributed by atoms with Crippen LogP contribution in [0.1, 0.15) is 10.4 Å². The van der Waals surface area contributed by atoms with E-state index in [4.69, 9.17) is 21.4 Å². The van der Waals surface area contributed by atoms with Gasteiger partial charge in [-0.1, -0.05) is 11.6 Å². The average molecular weight is 265 g/mol. The third kappa shape index (κ3) is 2.41. The number of nitrogens with zero attached hydrogens (tertiary/aromatic N) is 2. The second-order valence-corrected chi connectivity index (χ2v) is 3.88. The van der Waals surface area contributed by atoms with Crippen molar-refractivity contribution < 1.29 is 14.6 Å². The first kappa shape index (κ1) is 12.3. The summed E-state index contributed by atoms with van der Waals surface area (Å²) in [6, 6.07) is 5.05. The Kier molecular flexibility index (Phi) is 3.43. The van der Waals surface area contributed by atoms with Crippen molar-refractivity contribution in [3.05, 3.63) is 41.2 Å². The summed E-state index contributed by atoms with van der Waals surface area (Å²) < 4.78 is 5.18. The highest BCUT2D eigenvalue weighted by atomic mass is 35.5. The molecule has 5 nitrogen and oxygen atoms in total. The molecule has 6 heteroatoms. The standard InChI is InChI=1S/C12H9ClN2O3/c1-18-10-3-2-8(13)4-9(10)11-14-5-7(6-15-11)12(16)17/h2-6H,1H3,(H,16,17). The van der Waals surface area contributed by atoms with Gasteiger partial charge >= 0.3 is 5.97 Å². The lowest BCUT2D eigenvalue weighted by molar-refractivity contribution is 0.0696. The number of aromatic carboxylic acids is 1. The van der Waals surface area contributed by atoms with Crippen LogP contribution in [0.2, 0.25) is 5.02 Å². The highest BCUT2D eigenvalue weighted by Crippen LogP contribution is 2.29. The molecule has 0 atom stereocenters. The van der Waals surface area contributed by atoms with Gasteiger partial charge in [-0.05, 0) is 18.2 Å². The van der Waals surface area contributed by atoms with E-state index < -0.39 is 5.97 Å². The van der Waals surface area contributed by atoms with Crippen LogP contribution in [0.4, 0.5) is 0 Å². The van der Waals surface area contributed by atoms with Gasteiger partial charge in [0.05, 0.1) is 18.2 Å². The molecule has 0 saturated carbocycles. The molecule has 0 amide bonds. The minimum absolute atomic E-state index is 0.0275. The van der Waals surface area contributed by atoms with E-state index in [-0.39, 0.29) is 5.56 Å². The first-order valence-electron chi connectivity index (χ1n) is 5.01. The molecule has 0 unspecified atom stereocenters. The van der Waals surface area contributed by atoms with Gasteiger partial charge in [0.2, 0.25) is 0 Å². The summed E-state index contributed by atoms with van der Waals surface area (Å²) in [6.07, 6.45) is 2.48. The van der Waals surface area contributed by atoms with Gasteiger partial charge in [-0.3, -0.25) is 0 Å². The van der Waals surface area contributed by atoms with Crippen LogP contribution in [0.5, 0.6) is 5.75 Å². The van der Waals surface area contributed by atoms with E-state index in [2.05, 4.69) is 9.97 Å². The Balaban J connectivity index is 2.48. The summed E-state index contributed by atoms with van der Waals surface area (Å²) in [5.74, 6) is -0.138. The van der Waals surface area contributed by atoms with Gasteiger partial charge in [0.25, 0.3) is 0 Å². The quantitative estimate of drug-likeness (QED) is 0.922. The molecule has 1 heterocycles. The van der Waals surface area contributed by atoms with Crippen LogP contribution >= 0.6 is 11.6 Å². The number of benzene rings is 1. The maximum absolute atomic E-state index is 10.7. The molecule has 1 aromatic carbocycles. The second-order valence-electron chi connectivity index (χ2n) is 3.45. The molecule has 0 bridgehead atoms. The number of carbonyl (C=O) groups is 1. The number of methoxy groups -OCH3 is 1. The second kappa shape index (κ2) is 5.01. The fourth-order valence-corrected chi connectivity index (χ4v) is 1.60. The number of hydrogen-bond donors (Lipinski definition) is 1. The zero-order valence-electron chi connectivity index (χ0n) is 9.42. The van der Waals surface area contributed by atoms with Crippen LogP contribution < -0.4 is 4.74 Å². The molecule has 0 radical (unpaired) electrons. The highest BCUT2D eigenvalue weighted by Gasteiger charge is 2.11. The highest BCUT2D eigenvalue weighted by molar-refractivity contribution is 6.30. The molecular formula is C12H9ClN2O3. The van der Waals surface area contributed by atoms with Crippen LogP contribution in [0.3, 0.4) is 0 Å². The molecule has 0 aliphatic rings. The molecule has 1 aromatic heterocycles. The Morgan fingerprint density at radius 3 is 2.56 bits per heavy atom. The number of ether oxygens (including phenoxy) is 1. The molecule has 1 N–H and O–H groups in total. The van der Waals surface area contributed by atoms with Gasteiger partial charge in [0, 0.05) is 17.4 Å². The summed E-state index contributed by atoms with van der Waals surface area (Å²) in [4.78, 5) is 18.7. The van der Waals surface area contributed by atoms with Crippen LogP contribution in [0, 0.1) is 0 Å². The molecule has 0 aliphatic carbocycles. The SMILES string of the molecule is COc1ccc(Cl)cc1-c1ncc(C(=O)O)cn1. The van der Waals surface area contributed by atoms with E-state index in [1.165, 1.54) is 19.5 Å². The zero-order valence-corrected chi connectivity index (χ0v) is 10.2. The number of halogens is 1. The normalized spacial score (nSPS) is 10.1. The topological polar surface area (TPSA) is 72.3 Å². The van der Waals surface area contributed by atoms with E-state index in [1.807, 2.05) is 0 Å². The van der Waals surface area contributed by atoms with Crippen molar-refractivity contribution in [1.82, 2.24) is 9.97 Å². The van der Waals surface area contributed by atoms with Crippen molar-refractivity contribution in [1.29, 1.82) is 0 Å². The van der Waals surface area contributed by atoms with E-state index in [1.54, 1.807) is 18.2 Å². The van der Waals surface area contributed by atoms with Crippen molar-refractivity contribution in [3.63, 3.8) is 0 Å². The van der Waals surface area contributed by atoms with Gasteiger partial charge < -0.3 is 9.84 Å². The van der Waals surface area contributed by atoms with Crippen molar-refractivity contribution in [2.45, 2.75) is 0 Å². The van der Waals surface area contributed by atoms with Gasteiger partial charge in [0.15, 0.2) is 5.82 Å². The Hall–Kier alpha value is -2.14. The van der Waals surface area contributed by atoms with E-state index in [9.17, 15) is 4.79 Å². The predicted molar refractivity (Wildman–Crippen MR) is 66.0 cm³/mol. The van der Waals surface area contributed by atoms with Crippen molar-refractivity contribution in [2.75, 3.05) is 7.11 Å². The predicted octanol–water partition coefficient (Wildman–Crippen LogP) is 2.50. The maximum atomic E-state index is 10.7. The lowest BCUT2D eigenvalue weighted by Crippen LogP contribution is -2.00. The van der Waals surface area contributed by atoms with Crippen LogP contribution in [-0.4, -0.2) is 28.2 Å². The molecule has 0 saturated heterocycles. The van der Waals surface area contributed by atoms with Gasteiger partial charge in [-0.25, -0.2) is 14.8 Å². The molecule has 2 rings (SSSR count). The first-order chi connectivity index (χ1) is 8.61. The lowest BCUT2D eigenvalue weighted by atomic mass is 10.2. The lowest BCUT2D eigenvalue weighted by Gasteiger charge is -2.07.